The van der Waals surface area contributed by atoms with Gasteiger partial charge in [-0.15, -0.1) is 5.10 Å². The second-order valence-electron chi connectivity index (χ2n) is 2.43. The molecule has 0 atom stereocenters. The SMILES string of the molecule is CCn1nnc(C(=O)OC)c1C(F)F. The molecule has 0 spiro atoms. The highest BCUT2D eigenvalue weighted by molar-refractivity contribution is 5.88. The summed E-state index contributed by atoms with van der Waals surface area (Å²) in [4.78, 5) is 11.0. The number of methoxy groups -OCH3 is 1. The van der Waals surface area contributed by atoms with E-state index in [0.29, 0.717) is 0 Å². The molecular weight excluding hydrogens is 196 g/mol. The molecule has 0 bridgehead atoms. The molecule has 0 radical (unpaired) electrons. The summed E-state index contributed by atoms with van der Waals surface area (Å²) in [7, 11) is 1.10. The second-order valence-corrected chi connectivity index (χ2v) is 2.43. The van der Waals surface area contributed by atoms with E-state index < -0.39 is 23.8 Å². The number of alkyl halides is 2. The number of hydrogen-bond donors (Lipinski definition) is 0. The van der Waals surface area contributed by atoms with Crippen LogP contribution in [0.5, 0.6) is 0 Å². The number of ether oxygens (including phenoxy) is 1. The lowest BCUT2D eigenvalue weighted by molar-refractivity contribution is 0.0580. The van der Waals surface area contributed by atoms with Gasteiger partial charge >= 0.3 is 5.97 Å². The fraction of sp³-hybridized carbons (Fsp3) is 0.571. The molecule has 0 saturated heterocycles. The molecule has 0 unspecified atom stereocenters. The van der Waals surface area contributed by atoms with Crippen molar-refractivity contribution in [1.82, 2.24) is 15.0 Å². The van der Waals surface area contributed by atoms with Crippen LogP contribution in [-0.2, 0) is 11.3 Å². The van der Waals surface area contributed by atoms with Crippen molar-refractivity contribution in [3.8, 4) is 0 Å². The molecule has 1 aromatic rings. The summed E-state index contributed by atoms with van der Waals surface area (Å²) < 4.78 is 30.3. The summed E-state index contributed by atoms with van der Waals surface area (Å²) in [5, 5.41) is 6.75. The van der Waals surface area contributed by atoms with Crippen LogP contribution in [0.15, 0.2) is 0 Å². The highest BCUT2D eigenvalue weighted by Crippen LogP contribution is 2.21. The molecular formula is C7H9F2N3O2. The number of halogens is 2. The Morgan fingerprint density at radius 2 is 2.29 bits per heavy atom. The third-order valence-corrected chi connectivity index (χ3v) is 1.66. The molecule has 0 saturated carbocycles. The Morgan fingerprint density at radius 3 is 2.71 bits per heavy atom. The molecule has 0 amide bonds. The van der Waals surface area contributed by atoms with Gasteiger partial charge in [0.25, 0.3) is 6.43 Å². The van der Waals surface area contributed by atoms with Crippen molar-refractivity contribution in [3.05, 3.63) is 11.4 Å². The lowest BCUT2D eigenvalue weighted by Crippen LogP contribution is -2.09. The first kappa shape index (κ1) is 10.6. The molecule has 78 valence electrons. The van der Waals surface area contributed by atoms with Crippen molar-refractivity contribution in [2.45, 2.75) is 19.9 Å². The predicted octanol–water partition coefficient (Wildman–Crippen LogP) is 1.02. The molecule has 1 aromatic heterocycles. The summed E-state index contributed by atoms with van der Waals surface area (Å²) in [6.45, 7) is 1.85. The third-order valence-electron chi connectivity index (χ3n) is 1.66. The minimum atomic E-state index is -2.79. The normalized spacial score (nSPS) is 10.6. The Hall–Kier alpha value is -1.53. The van der Waals surface area contributed by atoms with Crippen LogP contribution in [0.25, 0.3) is 0 Å². The van der Waals surface area contributed by atoms with E-state index >= 15 is 0 Å². The van der Waals surface area contributed by atoms with E-state index in [1.54, 1.807) is 6.92 Å². The maximum Gasteiger partial charge on any atom is 0.360 e. The molecule has 14 heavy (non-hydrogen) atoms. The lowest BCUT2D eigenvalue weighted by atomic mass is 10.3. The second kappa shape index (κ2) is 4.12. The smallest absolute Gasteiger partial charge is 0.360 e. The number of esters is 1. The van der Waals surface area contributed by atoms with Crippen LogP contribution in [0.1, 0.15) is 29.5 Å². The molecule has 0 N–H and O–H groups in total. The number of aromatic nitrogens is 3. The summed E-state index contributed by atoms with van der Waals surface area (Å²) in [6.07, 6.45) is -2.79. The van der Waals surface area contributed by atoms with Gasteiger partial charge in [-0.1, -0.05) is 5.21 Å². The van der Waals surface area contributed by atoms with E-state index in [1.807, 2.05) is 0 Å². The fourth-order valence-corrected chi connectivity index (χ4v) is 1.01. The number of rotatable bonds is 3. The number of nitrogens with zero attached hydrogens (tertiary/aromatic N) is 3. The van der Waals surface area contributed by atoms with Crippen molar-refractivity contribution < 1.29 is 18.3 Å². The van der Waals surface area contributed by atoms with Crippen LogP contribution in [0, 0.1) is 0 Å². The van der Waals surface area contributed by atoms with E-state index in [4.69, 9.17) is 0 Å². The molecule has 0 aliphatic carbocycles. The van der Waals surface area contributed by atoms with Gasteiger partial charge in [0.15, 0.2) is 5.69 Å². The van der Waals surface area contributed by atoms with E-state index in [2.05, 4.69) is 15.0 Å². The van der Waals surface area contributed by atoms with Gasteiger partial charge < -0.3 is 4.74 Å². The molecule has 7 heteroatoms. The van der Waals surface area contributed by atoms with Crippen LogP contribution in [-0.4, -0.2) is 28.1 Å². The van der Waals surface area contributed by atoms with Gasteiger partial charge in [0.1, 0.15) is 5.69 Å². The van der Waals surface area contributed by atoms with Crippen molar-refractivity contribution in [2.75, 3.05) is 7.11 Å². The van der Waals surface area contributed by atoms with Gasteiger partial charge in [0.2, 0.25) is 0 Å². The van der Waals surface area contributed by atoms with E-state index in [0.717, 1.165) is 11.8 Å². The Kier molecular flexibility index (Phi) is 3.10. The van der Waals surface area contributed by atoms with E-state index in [1.165, 1.54) is 0 Å². The first-order valence-electron chi connectivity index (χ1n) is 3.91. The third kappa shape index (κ3) is 1.70. The summed E-state index contributed by atoms with van der Waals surface area (Å²) >= 11 is 0. The van der Waals surface area contributed by atoms with Crippen molar-refractivity contribution >= 4 is 5.97 Å². The van der Waals surface area contributed by atoms with Gasteiger partial charge in [-0.3, -0.25) is 0 Å². The Bertz CT molecular complexity index is 338. The van der Waals surface area contributed by atoms with Gasteiger partial charge in [-0.2, -0.15) is 0 Å². The molecule has 0 fully saturated rings. The minimum Gasteiger partial charge on any atom is -0.464 e. The van der Waals surface area contributed by atoms with Crippen LogP contribution < -0.4 is 0 Å². The number of aryl methyl sites for hydroxylation is 1. The topological polar surface area (TPSA) is 57.0 Å². The first-order valence-corrected chi connectivity index (χ1v) is 3.91. The van der Waals surface area contributed by atoms with Crippen molar-refractivity contribution in [2.24, 2.45) is 0 Å². The highest BCUT2D eigenvalue weighted by atomic mass is 19.3. The van der Waals surface area contributed by atoms with Crippen LogP contribution in [0.4, 0.5) is 8.78 Å². The molecule has 1 heterocycles. The summed E-state index contributed by atoms with van der Waals surface area (Å²) in [5.74, 6) is -0.903. The highest BCUT2D eigenvalue weighted by Gasteiger charge is 2.26. The van der Waals surface area contributed by atoms with Gasteiger partial charge in [0.05, 0.1) is 7.11 Å². The van der Waals surface area contributed by atoms with E-state index in [9.17, 15) is 13.6 Å². The van der Waals surface area contributed by atoms with Crippen molar-refractivity contribution in [1.29, 1.82) is 0 Å². The van der Waals surface area contributed by atoms with Crippen LogP contribution in [0.2, 0.25) is 0 Å². The maximum atomic E-state index is 12.5. The first-order chi connectivity index (χ1) is 6.61. The van der Waals surface area contributed by atoms with E-state index in [-0.39, 0.29) is 6.54 Å². The average molecular weight is 205 g/mol. The number of carbonyl (C=O) groups excluding carboxylic acids is 1. The average Bonchev–Trinajstić information content (AvgIpc) is 2.59. The zero-order valence-electron chi connectivity index (χ0n) is 7.70. The van der Waals surface area contributed by atoms with Crippen LogP contribution >= 0.6 is 0 Å². The molecule has 0 aliphatic heterocycles. The maximum absolute atomic E-state index is 12.5. The minimum absolute atomic E-state index is 0.226. The number of carbonyl (C=O) groups is 1. The van der Waals surface area contributed by atoms with Crippen LogP contribution in [0.3, 0.4) is 0 Å². The van der Waals surface area contributed by atoms with Crippen molar-refractivity contribution in [3.63, 3.8) is 0 Å². The van der Waals surface area contributed by atoms with Gasteiger partial charge in [-0.25, -0.2) is 18.3 Å². The zero-order chi connectivity index (χ0) is 10.7. The summed E-state index contributed by atoms with van der Waals surface area (Å²) in [6, 6.07) is 0. The fourth-order valence-electron chi connectivity index (χ4n) is 1.01. The zero-order valence-corrected chi connectivity index (χ0v) is 7.70. The van der Waals surface area contributed by atoms with Gasteiger partial charge in [0, 0.05) is 6.54 Å². The quantitative estimate of drug-likeness (QED) is 0.691. The number of hydrogen-bond acceptors (Lipinski definition) is 4. The molecule has 0 aromatic carbocycles. The monoisotopic (exact) mass is 205 g/mol. The Balaban J connectivity index is 3.17. The standard InChI is InChI=1S/C7H9F2N3O2/c1-3-12-5(6(8)9)4(10-11-12)7(13)14-2/h6H,3H2,1-2H3. The van der Waals surface area contributed by atoms with Gasteiger partial charge in [-0.05, 0) is 6.92 Å². The Morgan fingerprint density at radius 1 is 1.64 bits per heavy atom. The molecule has 0 aliphatic rings. The summed E-state index contributed by atoms with van der Waals surface area (Å²) in [5.41, 5.74) is -0.927. The molecule has 1 rings (SSSR count). The molecule has 5 nitrogen and oxygen atoms in total. The predicted molar refractivity (Wildman–Crippen MR) is 42.0 cm³/mol. The lowest BCUT2D eigenvalue weighted by Gasteiger charge is -2.02. The Labute approximate surface area is 78.7 Å². The largest absolute Gasteiger partial charge is 0.464 e.